The van der Waals surface area contributed by atoms with Gasteiger partial charge >= 0.3 is 0 Å². The van der Waals surface area contributed by atoms with Crippen molar-refractivity contribution in [1.29, 1.82) is 0 Å². The fourth-order valence-corrected chi connectivity index (χ4v) is 2.08. The summed E-state index contributed by atoms with van der Waals surface area (Å²) in [5.41, 5.74) is 3.50. The van der Waals surface area contributed by atoms with Crippen molar-refractivity contribution in [3.8, 4) is 5.75 Å². The van der Waals surface area contributed by atoms with E-state index in [4.69, 9.17) is 4.74 Å². The maximum atomic E-state index is 5.39. The van der Waals surface area contributed by atoms with Gasteiger partial charge in [0.05, 0.1) is 12.8 Å². The molecule has 0 saturated heterocycles. The monoisotopic (exact) mass is 256 g/mol. The number of benzene rings is 2. The molecule has 0 bridgehead atoms. The van der Waals surface area contributed by atoms with Crippen LogP contribution in [0.25, 0.3) is 0 Å². The van der Waals surface area contributed by atoms with Crippen LogP contribution in [0.3, 0.4) is 0 Å². The van der Waals surface area contributed by atoms with Crippen LogP contribution in [0.4, 0.5) is 11.4 Å². The number of rotatable bonds is 5. The van der Waals surface area contributed by atoms with Gasteiger partial charge < -0.3 is 15.0 Å². The minimum Gasteiger partial charge on any atom is -0.495 e. The number of anilines is 2. The van der Waals surface area contributed by atoms with Gasteiger partial charge in [-0.1, -0.05) is 24.3 Å². The minimum atomic E-state index is 0.852. The van der Waals surface area contributed by atoms with E-state index in [-0.39, 0.29) is 0 Å². The number of hydrogen-bond donors (Lipinski definition) is 1. The van der Waals surface area contributed by atoms with Gasteiger partial charge in [0.2, 0.25) is 0 Å². The standard InChI is InChI=1S/C16H20N2O/c1-17-14-10-8-13(9-11-14)12-18(2)15-6-4-5-7-16(15)19-3/h4-11,17H,12H2,1-3H3. The van der Waals surface area contributed by atoms with E-state index in [1.165, 1.54) is 5.56 Å². The fourth-order valence-electron chi connectivity index (χ4n) is 2.08. The normalized spacial score (nSPS) is 10.1. The molecule has 3 heteroatoms. The zero-order valence-electron chi connectivity index (χ0n) is 11.7. The highest BCUT2D eigenvalue weighted by Crippen LogP contribution is 2.27. The van der Waals surface area contributed by atoms with Crippen LogP contribution in [-0.2, 0) is 6.54 Å². The Bertz CT molecular complexity index is 523. The molecule has 1 N–H and O–H groups in total. The highest BCUT2D eigenvalue weighted by atomic mass is 16.5. The third kappa shape index (κ3) is 3.19. The average molecular weight is 256 g/mol. The Hall–Kier alpha value is -2.16. The Morgan fingerprint density at radius 2 is 1.74 bits per heavy atom. The van der Waals surface area contributed by atoms with E-state index in [1.54, 1.807) is 7.11 Å². The summed E-state index contributed by atoms with van der Waals surface area (Å²) in [7, 11) is 5.70. The average Bonchev–Trinajstić information content (AvgIpc) is 2.48. The van der Waals surface area contributed by atoms with Crippen molar-refractivity contribution in [2.45, 2.75) is 6.54 Å². The Labute approximate surface area is 114 Å². The first kappa shape index (κ1) is 13.3. The highest BCUT2D eigenvalue weighted by molar-refractivity contribution is 5.58. The van der Waals surface area contributed by atoms with Gasteiger partial charge in [0.1, 0.15) is 5.75 Å². The van der Waals surface area contributed by atoms with Crippen molar-refractivity contribution in [3.63, 3.8) is 0 Å². The third-order valence-electron chi connectivity index (χ3n) is 3.16. The molecular formula is C16H20N2O. The predicted octanol–water partition coefficient (Wildman–Crippen LogP) is 3.37. The van der Waals surface area contributed by atoms with Crippen molar-refractivity contribution < 1.29 is 4.74 Å². The molecule has 2 aromatic carbocycles. The molecule has 0 amide bonds. The molecule has 0 aliphatic carbocycles. The molecule has 0 saturated carbocycles. The van der Waals surface area contributed by atoms with Gasteiger partial charge in [-0.3, -0.25) is 0 Å². The number of hydrogen-bond acceptors (Lipinski definition) is 3. The smallest absolute Gasteiger partial charge is 0.142 e. The maximum Gasteiger partial charge on any atom is 0.142 e. The molecule has 0 spiro atoms. The first-order valence-corrected chi connectivity index (χ1v) is 6.35. The highest BCUT2D eigenvalue weighted by Gasteiger charge is 2.07. The van der Waals surface area contributed by atoms with E-state index in [2.05, 4.69) is 47.6 Å². The number of nitrogens with one attached hydrogen (secondary N) is 1. The van der Waals surface area contributed by atoms with E-state index in [0.29, 0.717) is 0 Å². The predicted molar refractivity (Wildman–Crippen MR) is 81.1 cm³/mol. The van der Waals surface area contributed by atoms with Crippen LogP contribution in [0.5, 0.6) is 5.75 Å². The van der Waals surface area contributed by atoms with Gasteiger partial charge in [-0.25, -0.2) is 0 Å². The second-order valence-electron chi connectivity index (χ2n) is 4.47. The lowest BCUT2D eigenvalue weighted by Gasteiger charge is -2.21. The van der Waals surface area contributed by atoms with Crippen molar-refractivity contribution in [2.75, 3.05) is 31.4 Å². The van der Waals surface area contributed by atoms with E-state index < -0.39 is 0 Å². The van der Waals surface area contributed by atoms with Crippen LogP contribution >= 0.6 is 0 Å². The van der Waals surface area contributed by atoms with Gasteiger partial charge in [0, 0.05) is 26.3 Å². The molecule has 0 fully saturated rings. The van der Waals surface area contributed by atoms with Gasteiger partial charge in [0.25, 0.3) is 0 Å². The van der Waals surface area contributed by atoms with Gasteiger partial charge in [-0.05, 0) is 29.8 Å². The van der Waals surface area contributed by atoms with Gasteiger partial charge in [0.15, 0.2) is 0 Å². The summed E-state index contributed by atoms with van der Waals surface area (Å²) in [6.45, 7) is 0.852. The van der Waals surface area contributed by atoms with Crippen LogP contribution in [0.2, 0.25) is 0 Å². The topological polar surface area (TPSA) is 24.5 Å². The van der Waals surface area contributed by atoms with Gasteiger partial charge in [-0.2, -0.15) is 0 Å². The summed E-state index contributed by atoms with van der Waals surface area (Å²) in [6.07, 6.45) is 0. The van der Waals surface area contributed by atoms with E-state index in [1.807, 2.05) is 25.2 Å². The molecule has 19 heavy (non-hydrogen) atoms. The Morgan fingerprint density at radius 1 is 1.05 bits per heavy atom. The lowest BCUT2D eigenvalue weighted by Crippen LogP contribution is -2.17. The molecule has 2 rings (SSSR count). The Kier molecular flexibility index (Phi) is 4.29. The summed E-state index contributed by atoms with van der Waals surface area (Å²) in [6, 6.07) is 16.5. The van der Waals surface area contributed by atoms with Crippen molar-refractivity contribution >= 4 is 11.4 Å². The molecule has 0 heterocycles. The molecule has 0 aliphatic rings. The lowest BCUT2D eigenvalue weighted by atomic mass is 10.2. The first-order valence-electron chi connectivity index (χ1n) is 6.35. The van der Waals surface area contributed by atoms with E-state index in [0.717, 1.165) is 23.7 Å². The molecule has 3 nitrogen and oxygen atoms in total. The number of methoxy groups -OCH3 is 1. The molecule has 2 aromatic rings. The van der Waals surface area contributed by atoms with E-state index in [9.17, 15) is 0 Å². The SMILES string of the molecule is CNc1ccc(CN(C)c2ccccc2OC)cc1. The zero-order valence-corrected chi connectivity index (χ0v) is 11.7. The summed E-state index contributed by atoms with van der Waals surface area (Å²) < 4.78 is 5.39. The molecule has 0 atom stereocenters. The summed E-state index contributed by atoms with van der Waals surface area (Å²) in [5, 5.41) is 3.12. The zero-order chi connectivity index (χ0) is 13.7. The Balaban J connectivity index is 2.13. The second kappa shape index (κ2) is 6.14. The second-order valence-corrected chi connectivity index (χ2v) is 4.47. The van der Waals surface area contributed by atoms with Crippen LogP contribution in [-0.4, -0.2) is 21.2 Å². The van der Waals surface area contributed by atoms with Crippen molar-refractivity contribution in [1.82, 2.24) is 0 Å². The van der Waals surface area contributed by atoms with Crippen LogP contribution in [0.1, 0.15) is 5.56 Å². The minimum absolute atomic E-state index is 0.852. The lowest BCUT2D eigenvalue weighted by molar-refractivity contribution is 0.415. The van der Waals surface area contributed by atoms with Crippen LogP contribution < -0.4 is 15.0 Å². The molecule has 100 valence electrons. The number of para-hydroxylation sites is 2. The van der Waals surface area contributed by atoms with Crippen molar-refractivity contribution in [3.05, 3.63) is 54.1 Å². The molecule has 0 unspecified atom stereocenters. The molecule has 0 radical (unpaired) electrons. The largest absolute Gasteiger partial charge is 0.495 e. The van der Waals surface area contributed by atoms with E-state index >= 15 is 0 Å². The Morgan fingerprint density at radius 3 is 2.37 bits per heavy atom. The summed E-state index contributed by atoms with van der Waals surface area (Å²) in [4.78, 5) is 2.19. The molecule has 0 aromatic heterocycles. The molecular weight excluding hydrogens is 236 g/mol. The quantitative estimate of drug-likeness (QED) is 0.887. The van der Waals surface area contributed by atoms with Crippen LogP contribution in [0, 0.1) is 0 Å². The summed E-state index contributed by atoms with van der Waals surface area (Å²) >= 11 is 0. The maximum absolute atomic E-state index is 5.39. The van der Waals surface area contributed by atoms with Crippen molar-refractivity contribution in [2.24, 2.45) is 0 Å². The number of nitrogens with zero attached hydrogens (tertiary/aromatic N) is 1. The fraction of sp³-hybridized carbons (Fsp3) is 0.250. The number of ether oxygens (including phenoxy) is 1. The summed E-state index contributed by atoms with van der Waals surface area (Å²) in [5.74, 6) is 0.900. The third-order valence-corrected chi connectivity index (χ3v) is 3.16. The van der Waals surface area contributed by atoms with Gasteiger partial charge in [-0.15, -0.1) is 0 Å². The molecule has 0 aliphatic heterocycles. The first-order chi connectivity index (χ1) is 9.24. The van der Waals surface area contributed by atoms with Crippen LogP contribution in [0.15, 0.2) is 48.5 Å².